The van der Waals surface area contributed by atoms with E-state index < -0.39 is 0 Å². The van der Waals surface area contributed by atoms with Crippen molar-refractivity contribution in [3.63, 3.8) is 0 Å². The number of aromatic nitrogens is 2. The van der Waals surface area contributed by atoms with Gasteiger partial charge in [-0.25, -0.2) is 0 Å². The number of aryl methyl sites for hydroxylation is 2. The Balaban J connectivity index is 2.15. The molecule has 0 spiro atoms. The van der Waals surface area contributed by atoms with Gasteiger partial charge in [0, 0.05) is 13.2 Å². The average Bonchev–Trinajstić information content (AvgIpc) is 2.95. The highest BCUT2D eigenvalue weighted by Gasteiger charge is 2.14. The lowest BCUT2D eigenvalue weighted by molar-refractivity contribution is 0.0995. The zero-order valence-corrected chi connectivity index (χ0v) is 10.4. The van der Waals surface area contributed by atoms with Gasteiger partial charge >= 0.3 is 0 Å². The lowest BCUT2D eigenvalue weighted by atomic mass is 10.3. The second kappa shape index (κ2) is 5.05. The lowest BCUT2D eigenvalue weighted by Gasteiger charge is -2.01. The number of hydrogen-bond acceptors (Lipinski definition) is 4. The van der Waals surface area contributed by atoms with Gasteiger partial charge in [-0.05, 0) is 18.6 Å². The molecule has 0 unspecified atom stereocenters. The first kappa shape index (κ1) is 12.4. The van der Waals surface area contributed by atoms with Crippen molar-refractivity contribution in [1.29, 1.82) is 0 Å². The zero-order chi connectivity index (χ0) is 13.1. The number of nitrogens with one attached hydrogen (secondary N) is 1. The maximum absolute atomic E-state index is 11.9. The molecule has 1 amide bonds. The molecule has 2 heterocycles. The first-order valence-corrected chi connectivity index (χ1v) is 5.76. The third kappa shape index (κ3) is 2.43. The van der Waals surface area contributed by atoms with E-state index in [1.54, 1.807) is 23.0 Å². The van der Waals surface area contributed by atoms with Gasteiger partial charge in [-0.3, -0.25) is 9.48 Å². The van der Waals surface area contributed by atoms with Crippen LogP contribution in [0.2, 0.25) is 0 Å². The van der Waals surface area contributed by atoms with Gasteiger partial charge in [-0.2, -0.15) is 5.10 Å². The fourth-order valence-corrected chi connectivity index (χ4v) is 1.69. The van der Waals surface area contributed by atoms with Crippen LogP contribution in [-0.4, -0.2) is 15.7 Å². The van der Waals surface area contributed by atoms with Crippen LogP contribution >= 0.6 is 0 Å². The average molecular weight is 248 g/mol. The number of furan rings is 1. The van der Waals surface area contributed by atoms with Crippen molar-refractivity contribution in [2.24, 2.45) is 12.8 Å². The van der Waals surface area contributed by atoms with E-state index in [9.17, 15) is 4.79 Å². The van der Waals surface area contributed by atoms with E-state index in [1.165, 1.54) is 0 Å². The van der Waals surface area contributed by atoms with Gasteiger partial charge in [0.25, 0.3) is 5.91 Å². The molecule has 6 heteroatoms. The molecule has 2 aromatic heterocycles. The summed E-state index contributed by atoms with van der Waals surface area (Å²) in [5, 5.41) is 7.03. The highest BCUT2D eigenvalue weighted by atomic mass is 16.4. The van der Waals surface area contributed by atoms with Crippen LogP contribution in [0.15, 0.2) is 22.7 Å². The number of anilines is 1. The molecule has 0 bridgehead atoms. The van der Waals surface area contributed by atoms with Crippen LogP contribution in [0.1, 0.15) is 28.9 Å². The summed E-state index contributed by atoms with van der Waals surface area (Å²) in [5.41, 5.74) is 6.97. The van der Waals surface area contributed by atoms with Gasteiger partial charge in [0.2, 0.25) is 0 Å². The quantitative estimate of drug-likeness (QED) is 0.853. The molecule has 0 saturated heterocycles. The smallest absolute Gasteiger partial charge is 0.291 e. The predicted molar refractivity (Wildman–Crippen MR) is 67.1 cm³/mol. The molecule has 0 aliphatic rings. The van der Waals surface area contributed by atoms with Crippen LogP contribution < -0.4 is 11.1 Å². The van der Waals surface area contributed by atoms with Crippen LogP contribution in [0, 0.1) is 0 Å². The van der Waals surface area contributed by atoms with E-state index in [-0.39, 0.29) is 18.2 Å². The molecule has 2 aromatic rings. The first-order chi connectivity index (χ1) is 8.63. The van der Waals surface area contributed by atoms with Gasteiger partial charge in [0.1, 0.15) is 5.76 Å². The summed E-state index contributed by atoms with van der Waals surface area (Å²) in [6.45, 7) is 2.26. The van der Waals surface area contributed by atoms with Crippen molar-refractivity contribution in [3.05, 3.63) is 35.5 Å². The number of carbonyl (C=O) groups is 1. The Hall–Kier alpha value is -2.08. The Bertz CT molecular complexity index is 556. The molecule has 0 fully saturated rings. The van der Waals surface area contributed by atoms with Gasteiger partial charge in [0.15, 0.2) is 5.76 Å². The van der Waals surface area contributed by atoms with Crippen molar-refractivity contribution in [2.75, 3.05) is 5.32 Å². The molecule has 0 aromatic carbocycles. The van der Waals surface area contributed by atoms with E-state index in [4.69, 9.17) is 10.2 Å². The maximum atomic E-state index is 11.9. The Morgan fingerprint density at radius 2 is 2.33 bits per heavy atom. The second-order valence-corrected chi connectivity index (χ2v) is 3.94. The molecular weight excluding hydrogens is 232 g/mol. The van der Waals surface area contributed by atoms with Crippen molar-refractivity contribution in [2.45, 2.75) is 19.9 Å². The number of hydrogen-bond donors (Lipinski definition) is 2. The second-order valence-electron chi connectivity index (χ2n) is 3.94. The highest BCUT2D eigenvalue weighted by Crippen LogP contribution is 2.16. The molecule has 0 saturated carbocycles. The van der Waals surface area contributed by atoms with Crippen LogP contribution in [0.25, 0.3) is 0 Å². The minimum atomic E-state index is -0.294. The SMILES string of the molecule is CCc1nn(C)cc1NC(=O)c1ccc(CN)o1. The summed E-state index contributed by atoms with van der Waals surface area (Å²) < 4.78 is 6.95. The van der Waals surface area contributed by atoms with Crippen molar-refractivity contribution >= 4 is 11.6 Å². The fraction of sp³-hybridized carbons (Fsp3) is 0.333. The van der Waals surface area contributed by atoms with Crippen molar-refractivity contribution in [3.8, 4) is 0 Å². The molecule has 3 N–H and O–H groups in total. The Morgan fingerprint density at radius 3 is 2.94 bits per heavy atom. The summed E-state index contributed by atoms with van der Waals surface area (Å²) in [5.74, 6) is 0.542. The Morgan fingerprint density at radius 1 is 1.56 bits per heavy atom. The number of rotatable bonds is 4. The van der Waals surface area contributed by atoms with Crippen molar-refractivity contribution < 1.29 is 9.21 Å². The third-order valence-electron chi connectivity index (χ3n) is 2.57. The molecule has 96 valence electrons. The minimum absolute atomic E-state index is 0.251. The first-order valence-electron chi connectivity index (χ1n) is 5.76. The fourth-order valence-electron chi connectivity index (χ4n) is 1.69. The molecule has 0 aliphatic carbocycles. The largest absolute Gasteiger partial charge is 0.455 e. The van der Waals surface area contributed by atoms with E-state index in [0.717, 1.165) is 12.1 Å². The van der Waals surface area contributed by atoms with E-state index in [2.05, 4.69) is 10.4 Å². The van der Waals surface area contributed by atoms with Crippen LogP contribution in [-0.2, 0) is 20.0 Å². The lowest BCUT2D eigenvalue weighted by Crippen LogP contribution is -2.11. The summed E-state index contributed by atoms with van der Waals surface area (Å²) >= 11 is 0. The topological polar surface area (TPSA) is 86.1 Å². The van der Waals surface area contributed by atoms with Gasteiger partial charge in [0.05, 0.1) is 17.9 Å². The van der Waals surface area contributed by atoms with E-state index >= 15 is 0 Å². The molecule has 0 atom stereocenters. The normalized spacial score (nSPS) is 10.6. The number of carbonyl (C=O) groups excluding carboxylic acids is 1. The predicted octanol–water partition coefficient (Wildman–Crippen LogP) is 1.29. The van der Waals surface area contributed by atoms with E-state index in [1.807, 2.05) is 14.0 Å². The molecule has 18 heavy (non-hydrogen) atoms. The maximum Gasteiger partial charge on any atom is 0.291 e. The van der Waals surface area contributed by atoms with Gasteiger partial charge in [-0.1, -0.05) is 6.92 Å². The van der Waals surface area contributed by atoms with Gasteiger partial charge < -0.3 is 15.5 Å². The summed E-state index contributed by atoms with van der Waals surface area (Å²) in [7, 11) is 1.81. The minimum Gasteiger partial charge on any atom is -0.455 e. The number of amides is 1. The summed E-state index contributed by atoms with van der Waals surface area (Å²) in [6.07, 6.45) is 2.52. The molecule has 2 rings (SSSR count). The molecule has 0 radical (unpaired) electrons. The Kier molecular flexibility index (Phi) is 3.47. The highest BCUT2D eigenvalue weighted by molar-refractivity contribution is 6.02. The molecular formula is C12H16N4O2. The van der Waals surface area contributed by atoms with Crippen LogP contribution in [0.4, 0.5) is 5.69 Å². The summed E-state index contributed by atoms with van der Waals surface area (Å²) in [6, 6.07) is 3.30. The molecule has 6 nitrogen and oxygen atoms in total. The van der Waals surface area contributed by atoms with E-state index in [0.29, 0.717) is 11.4 Å². The van der Waals surface area contributed by atoms with Crippen molar-refractivity contribution in [1.82, 2.24) is 9.78 Å². The number of nitrogens with two attached hydrogens (primary N) is 1. The number of nitrogens with zero attached hydrogens (tertiary/aromatic N) is 2. The standard InChI is InChI=1S/C12H16N4O2/c1-3-9-10(7-16(2)15-9)14-12(17)11-5-4-8(6-13)18-11/h4-5,7H,3,6,13H2,1-2H3,(H,14,17). The summed E-state index contributed by atoms with van der Waals surface area (Å²) in [4.78, 5) is 11.9. The van der Waals surface area contributed by atoms with Crippen LogP contribution in [0.3, 0.4) is 0 Å². The van der Waals surface area contributed by atoms with Gasteiger partial charge in [-0.15, -0.1) is 0 Å². The third-order valence-corrected chi connectivity index (χ3v) is 2.57. The Labute approximate surface area is 105 Å². The monoisotopic (exact) mass is 248 g/mol. The molecule has 0 aliphatic heterocycles. The van der Waals surface area contributed by atoms with Crippen LogP contribution in [0.5, 0.6) is 0 Å². The zero-order valence-electron chi connectivity index (χ0n) is 10.4.